The van der Waals surface area contributed by atoms with E-state index in [0.29, 0.717) is 44.2 Å². The van der Waals surface area contributed by atoms with Gasteiger partial charge in [-0.05, 0) is 67.1 Å². The fourth-order valence-corrected chi connectivity index (χ4v) is 6.64. The number of aryl methyl sites for hydroxylation is 1. The number of carbonyl (C=O) groups excluding carboxylic acids is 1. The van der Waals surface area contributed by atoms with Crippen LogP contribution >= 0.6 is 0 Å². The largest absolute Gasteiger partial charge is 0.496 e. The number of alkyl halides is 2. The van der Waals surface area contributed by atoms with E-state index in [1.54, 1.807) is 7.11 Å². The van der Waals surface area contributed by atoms with Gasteiger partial charge in [0.05, 0.1) is 20.3 Å². The monoisotopic (exact) mass is 523 g/mol. The Kier molecular flexibility index (Phi) is 6.43. The number of amides is 1. The van der Waals surface area contributed by atoms with Crippen molar-refractivity contribution in [3.05, 3.63) is 64.8 Å². The third-order valence-corrected chi connectivity index (χ3v) is 8.77. The molecule has 1 saturated carbocycles. The molecule has 1 aromatic heterocycles. The third kappa shape index (κ3) is 4.69. The summed E-state index contributed by atoms with van der Waals surface area (Å²) in [7, 11) is 1.69. The summed E-state index contributed by atoms with van der Waals surface area (Å²) in [6, 6.07) is 11.8. The molecular weight excluding hydrogens is 488 g/mol. The SMILES string of the molecule is COc1cc(C)c2[nH]ccc2c1CN1CCC2(C[C@H]1c1ccc(C(=O)NCC3COC3)cc1)CC(F)(F)C2. The van der Waals surface area contributed by atoms with Gasteiger partial charge in [0, 0.05) is 66.1 Å². The molecule has 2 saturated heterocycles. The number of H-pyrrole nitrogens is 1. The summed E-state index contributed by atoms with van der Waals surface area (Å²) in [5, 5.41) is 4.11. The molecule has 1 spiro atoms. The van der Waals surface area contributed by atoms with E-state index in [9.17, 15) is 13.6 Å². The number of rotatable bonds is 7. The molecule has 0 radical (unpaired) electrons. The van der Waals surface area contributed by atoms with Crippen molar-refractivity contribution in [2.45, 2.75) is 51.1 Å². The number of nitrogens with zero attached hydrogens (tertiary/aromatic N) is 1. The molecule has 3 fully saturated rings. The van der Waals surface area contributed by atoms with Crippen molar-refractivity contribution in [1.82, 2.24) is 15.2 Å². The molecule has 1 amide bonds. The van der Waals surface area contributed by atoms with E-state index in [1.165, 1.54) is 0 Å². The van der Waals surface area contributed by atoms with Crippen LogP contribution in [0.15, 0.2) is 42.6 Å². The van der Waals surface area contributed by atoms with Crippen LogP contribution in [0, 0.1) is 18.3 Å². The van der Waals surface area contributed by atoms with Crippen molar-refractivity contribution in [1.29, 1.82) is 0 Å². The van der Waals surface area contributed by atoms with E-state index in [4.69, 9.17) is 9.47 Å². The van der Waals surface area contributed by atoms with Crippen LogP contribution in [-0.2, 0) is 11.3 Å². The molecule has 3 aliphatic rings. The lowest BCUT2D eigenvalue weighted by atomic mass is 9.59. The molecule has 2 aliphatic heterocycles. The smallest absolute Gasteiger partial charge is 0.251 e. The van der Waals surface area contributed by atoms with Crippen LogP contribution in [0.2, 0.25) is 0 Å². The topological polar surface area (TPSA) is 66.6 Å². The summed E-state index contributed by atoms with van der Waals surface area (Å²) in [4.78, 5) is 18.4. The number of methoxy groups -OCH3 is 1. The molecular formula is C30H35F2N3O3. The molecule has 8 heteroatoms. The number of aromatic nitrogens is 1. The standard InChI is InChI=1S/C30H35F2N3O3/c1-19-11-26(37-2)24(23-7-9-33-27(19)23)14-35-10-8-29(17-30(31,32)18-29)12-25(35)21-3-5-22(6-4-21)28(36)34-13-20-15-38-16-20/h3-7,9,11,20,25,33H,8,10,12-18H2,1-2H3,(H,34,36)/t25-/m0/s1. The van der Waals surface area contributed by atoms with Gasteiger partial charge in [0.1, 0.15) is 5.75 Å². The van der Waals surface area contributed by atoms with Gasteiger partial charge < -0.3 is 19.8 Å². The number of aromatic amines is 1. The van der Waals surface area contributed by atoms with Crippen LogP contribution in [0.5, 0.6) is 5.75 Å². The van der Waals surface area contributed by atoms with E-state index < -0.39 is 5.92 Å². The first kappa shape index (κ1) is 25.3. The highest BCUT2D eigenvalue weighted by Crippen LogP contribution is 2.60. The highest BCUT2D eigenvalue weighted by Gasteiger charge is 2.58. The molecule has 38 heavy (non-hydrogen) atoms. The van der Waals surface area contributed by atoms with Crippen molar-refractivity contribution in [3.8, 4) is 5.75 Å². The molecule has 2 aromatic carbocycles. The lowest BCUT2D eigenvalue weighted by molar-refractivity contribution is -0.186. The fraction of sp³-hybridized carbons (Fsp3) is 0.500. The van der Waals surface area contributed by atoms with Gasteiger partial charge in [-0.15, -0.1) is 0 Å². The Bertz CT molecular complexity index is 1320. The Morgan fingerprint density at radius 1 is 1.21 bits per heavy atom. The second-order valence-corrected chi connectivity index (χ2v) is 11.5. The number of fused-ring (bicyclic) bond motifs is 1. The van der Waals surface area contributed by atoms with Gasteiger partial charge in [0.25, 0.3) is 5.91 Å². The number of piperidine rings is 1. The Balaban J connectivity index is 1.27. The minimum Gasteiger partial charge on any atom is -0.496 e. The minimum absolute atomic E-state index is 0.0240. The maximum Gasteiger partial charge on any atom is 0.251 e. The maximum atomic E-state index is 14.0. The maximum absolute atomic E-state index is 14.0. The average Bonchev–Trinajstić information content (AvgIpc) is 3.35. The molecule has 6 nitrogen and oxygen atoms in total. The van der Waals surface area contributed by atoms with Gasteiger partial charge in [0.15, 0.2) is 0 Å². The number of nitrogens with one attached hydrogen (secondary N) is 2. The Morgan fingerprint density at radius 3 is 2.63 bits per heavy atom. The zero-order valence-corrected chi connectivity index (χ0v) is 22.0. The first-order valence-corrected chi connectivity index (χ1v) is 13.5. The van der Waals surface area contributed by atoms with E-state index in [2.05, 4.69) is 34.3 Å². The summed E-state index contributed by atoms with van der Waals surface area (Å²) in [5.74, 6) is -1.43. The molecule has 1 atom stereocenters. The quantitative estimate of drug-likeness (QED) is 0.422. The van der Waals surface area contributed by atoms with Gasteiger partial charge in [-0.2, -0.15) is 0 Å². The second kappa shape index (κ2) is 9.65. The second-order valence-electron chi connectivity index (χ2n) is 11.5. The van der Waals surface area contributed by atoms with Crippen molar-refractivity contribution in [3.63, 3.8) is 0 Å². The first-order chi connectivity index (χ1) is 18.3. The van der Waals surface area contributed by atoms with Crippen molar-refractivity contribution >= 4 is 16.8 Å². The van der Waals surface area contributed by atoms with E-state index >= 15 is 0 Å². The molecule has 3 heterocycles. The van der Waals surface area contributed by atoms with Crippen LogP contribution in [0.4, 0.5) is 8.78 Å². The summed E-state index contributed by atoms with van der Waals surface area (Å²) in [5.41, 5.74) is 4.65. The molecule has 0 bridgehead atoms. The summed E-state index contributed by atoms with van der Waals surface area (Å²) in [6.45, 7) is 5.44. The van der Waals surface area contributed by atoms with Gasteiger partial charge in [0.2, 0.25) is 5.92 Å². The van der Waals surface area contributed by atoms with E-state index in [0.717, 1.165) is 46.3 Å². The number of carbonyl (C=O) groups is 1. The zero-order valence-electron chi connectivity index (χ0n) is 22.0. The van der Waals surface area contributed by atoms with Crippen LogP contribution in [0.3, 0.4) is 0 Å². The summed E-state index contributed by atoms with van der Waals surface area (Å²) in [6.07, 6.45) is 3.31. The molecule has 202 valence electrons. The molecule has 1 aliphatic carbocycles. The molecule has 6 rings (SSSR count). The average molecular weight is 524 g/mol. The van der Waals surface area contributed by atoms with Gasteiger partial charge in [-0.3, -0.25) is 9.69 Å². The predicted octanol–water partition coefficient (Wildman–Crippen LogP) is 5.61. The first-order valence-electron chi connectivity index (χ1n) is 13.5. The number of hydrogen-bond acceptors (Lipinski definition) is 4. The van der Waals surface area contributed by atoms with Crippen molar-refractivity contribution in [2.75, 3.05) is 33.4 Å². The van der Waals surface area contributed by atoms with Crippen molar-refractivity contribution < 1.29 is 23.0 Å². The fourth-order valence-electron chi connectivity index (χ4n) is 6.64. The molecule has 2 N–H and O–H groups in total. The zero-order chi connectivity index (χ0) is 26.5. The van der Waals surface area contributed by atoms with Crippen LogP contribution in [0.1, 0.15) is 58.8 Å². The van der Waals surface area contributed by atoms with Crippen LogP contribution in [0.25, 0.3) is 10.9 Å². The van der Waals surface area contributed by atoms with Gasteiger partial charge in [-0.25, -0.2) is 8.78 Å². The lowest BCUT2D eigenvalue weighted by Gasteiger charge is -2.54. The Labute approximate surface area is 221 Å². The number of halogens is 2. The van der Waals surface area contributed by atoms with Crippen LogP contribution in [-0.4, -0.2) is 55.1 Å². The Hall–Kier alpha value is -2.97. The normalized spacial score (nSPS) is 22.7. The number of hydrogen-bond donors (Lipinski definition) is 2. The molecule has 0 unspecified atom stereocenters. The van der Waals surface area contributed by atoms with E-state index in [1.807, 2.05) is 30.5 Å². The van der Waals surface area contributed by atoms with Crippen LogP contribution < -0.4 is 10.1 Å². The summed E-state index contributed by atoms with van der Waals surface area (Å²) >= 11 is 0. The number of likely N-dealkylation sites (tertiary alicyclic amines) is 1. The minimum atomic E-state index is -2.56. The predicted molar refractivity (Wildman–Crippen MR) is 142 cm³/mol. The van der Waals surface area contributed by atoms with Gasteiger partial charge >= 0.3 is 0 Å². The lowest BCUT2D eigenvalue weighted by Crippen LogP contribution is -2.53. The third-order valence-electron chi connectivity index (χ3n) is 8.77. The summed E-state index contributed by atoms with van der Waals surface area (Å²) < 4.78 is 39.0. The highest BCUT2D eigenvalue weighted by molar-refractivity contribution is 5.94. The molecule has 3 aromatic rings. The number of benzene rings is 2. The van der Waals surface area contributed by atoms with E-state index in [-0.39, 0.29) is 30.2 Å². The highest BCUT2D eigenvalue weighted by atomic mass is 19.3. The van der Waals surface area contributed by atoms with Crippen molar-refractivity contribution in [2.24, 2.45) is 11.3 Å². The Morgan fingerprint density at radius 2 is 1.97 bits per heavy atom. The van der Waals surface area contributed by atoms with Gasteiger partial charge in [-0.1, -0.05) is 12.1 Å². The number of ether oxygens (including phenoxy) is 2.